The number of furan rings is 1. The van der Waals surface area contributed by atoms with Gasteiger partial charge in [0.2, 0.25) is 4.96 Å². The molecule has 0 N–H and O–H groups in total. The summed E-state index contributed by atoms with van der Waals surface area (Å²) in [6, 6.07) is 7.56. The summed E-state index contributed by atoms with van der Waals surface area (Å²) in [5, 5.41) is 5.57. The molecule has 22 heavy (non-hydrogen) atoms. The molecule has 0 saturated carbocycles. The van der Waals surface area contributed by atoms with Gasteiger partial charge in [-0.05, 0) is 25.1 Å². The van der Waals surface area contributed by atoms with Crippen molar-refractivity contribution >= 4 is 27.3 Å². The van der Waals surface area contributed by atoms with Gasteiger partial charge in [-0.25, -0.2) is 13.9 Å². The Kier molecular flexibility index (Phi) is 2.90. The predicted molar refractivity (Wildman–Crippen MR) is 82.1 cm³/mol. The summed E-state index contributed by atoms with van der Waals surface area (Å²) in [6.45, 7) is 1.46. The van der Waals surface area contributed by atoms with E-state index < -0.39 is 6.17 Å². The van der Waals surface area contributed by atoms with Gasteiger partial charge in [0, 0.05) is 11.5 Å². The van der Waals surface area contributed by atoms with E-state index in [0.717, 1.165) is 16.7 Å². The number of methoxy groups -OCH3 is 1. The van der Waals surface area contributed by atoms with Crippen LogP contribution in [0.1, 0.15) is 18.1 Å². The second kappa shape index (κ2) is 4.81. The molecule has 1 aromatic carbocycles. The first-order valence-electron chi connectivity index (χ1n) is 6.72. The average Bonchev–Trinajstić information content (AvgIpc) is 3.17. The minimum absolute atomic E-state index is 0.420. The number of fused-ring (bicyclic) bond motifs is 2. The first-order chi connectivity index (χ1) is 10.6. The van der Waals surface area contributed by atoms with E-state index in [1.807, 2.05) is 24.3 Å². The van der Waals surface area contributed by atoms with Crippen LogP contribution >= 0.6 is 11.3 Å². The van der Waals surface area contributed by atoms with E-state index in [0.29, 0.717) is 21.4 Å². The van der Waals surface area contributed by atoms with Crippen molar-refractivity contribution in [3.8, 4) is 17.2 Å². The summed E-state index contributed by atoms with van der Waals surface area (Å²) in [5.74, 6) is 1.39. The highest BCUT2D eigenvalue weighted by molar-refractivity contribution is 7.16. The van der Waals surface area contributed by atoms with Gasteiger partial charge in [-0.2, -0.15) is 5.10 Å². The first-order valence-corrected chi connectivity index (χ1v) is 7.54. The van der Waals surface area contributed by atoms with Crippen molar-refractivity contribution in [3.05, 3.63) is 35.5 Å². The maximum Gasteiger partial charge on any atom is 0.212 e. The molecular formula is C15H12FN3O2S. The molecule has 0 spiro atoms. The van der Waals surface area contributed by atoms with Crippen molar-refractivity contribution in [1.29, 1.82) is 0 Å². The molecule has 0 aliphatic rings. The summed E-state index contributed by atoms with van der Waals surface area (Å²) in [4.78, 5) is 5.10. The topological polar surface area (TPSA) is 52.6 Å². The van der Waals surface area contributed by atoms with Gasteiger partial charge in [0.25, 0.3) is 0 Å². The van der Waals surface area contributed by atoms with Gasteiger partial charge in [0.05, 0.1) is 13.3 Å². The van der Waals surface area contributed by atoms with Gasteiger partial charge in [-0.3, -0.25) is 0 Å². The molecular weight excluding hydrogens is 305 g/mol. The summed E-state index contributed by atoms with van der Waals surface area (Å²) >= 11 is 1.24. The third-order valence-corrected chi connectivity index (χ3v) is 4.46. The maximum atomic E-state index is 13.3. The zero-order valence-corrected chi connectivity index (χ0v) is 12.7. The van der Waals surface area contributed by atoms with Crippen LogP contribution in [0.2, 0.25) is 0 Å². The largest absolute Gasteiger partial charge is 0.497 e. The zero-order chi connectivity index (χ0) is 15.3. The molecule has 0 fully saturated rings. The highest BCUT2D eigenvalue weighted by Gasteiger charge is 2.16. The smallest absolute Gasteiger partial charge is 0.212 e. The lowest BCUT2D eigenvalue weighted by Crippen LogP contribution is -1.86. The van der Waals surface area contributed by atoms with E-state index in [-0.39, 0.29) is 0 Å². The van der Waals surface area contributed by atoms with Gasteiger partial charge >= 0.3 is 0 Å². The van der Waals surface area contributed by atoms with Crippen molar-refractivity contribution in [2.45, 2.75) is 13.1 Å². The highest BCUT2D eigenvalue weighted by Crippen LogP contribution is 2.31. The standard InChI is InChI=1S/C15H12FN3O2S/c1-8(16)14-18-19-7-11(17-15(19)22-14)13-5-9-3-4-10(20-2)6-12(9)21-13/h3-8H,1-2H3. The summed E-state index contributed by atoms with van der Waals surface area (Å²) in [5.41, 5.74) is 1.41. The normalized spacial score (nSPS) is 13.0. The minimum Gasteiger partial charge on any atom is -0.497 e. The quantitative estimate of drug-likeness (QED) is 0.567. The number of benzene rings is 1. The van der Waals surface area contributed by atoms with Crippen LogP contribution in [-0.2, 0) is 0 Å². The molecule has 1 unspecified atom stereocenters. The third-order valence-electron chi connectivity index (χ3n) is 3.38. The van der Waals surface area contributed by atoms with Crippen LogP contribution in [0.4, 0.5) is 4.39 Å². The number of alkyl halides is 1. The lowest BCUT2D eigenvalue weighted by atomic mass is 10.2. The van der Waals surface area contributed by atoms with Gasteiger partial charge < -0.3 is 9.15 Å². The van der Waals surface area contributed by atoms with Crippen LogP contribution < -0.4 is 4.74 Å². The third kappa shape index (κ3) is 2.05. The monoisotopic (exact) mass is 317 g/mol. The SMILES string of the molecule is COc1ccc2cc(-c3cn4nc(C(C)F)sc4n3)oc2c1. The van der Waals surface area contributed by atoms with E-state index in [2.05, 4.69) is 10.1 Å². The lowest BCUT2D eigenvalue weighted by Gasteiger charge is -1.96. The van der Waals surface area contributed by atoms with Crippen LogP contribution in [0.25, 0.3) is 27.4 Å². The highest BCUT2D eigenvalue weighted by atomic mass is 32.1. The molecule has 112 valence electrons. The number of hydrogen-bond donors (Lipinski definition) is 0. The summed E-state index contributed by atoms with van der Waals surface area (Å²) in [6.07, 6.45) is 0.654. The number of ether oxygens (including phenoxy) is 1. The molecule has 1 atom stereocenters. The molecule has 4 rings (SSSR count). The van der Waals surface area contributed by atoms with E-state index in [9.17, 15) is 4.39 Å². The second-order valence-electron chi connectivity index (χ2n) is 4.92. The summed E-state index contributed by atoms with van der Waals surface area (Å²) < 4.78 is 25.8. The Bertz CT molecular complexity index is 938. The van der Waals surface area contributed by atoms with E-state index in [1.54, 1.807) is 17.8 Å². The Balaban J connectivity index is 1.78. The zero-order valence-electron chi connectivity index (χ0n) is 11.9. The number of aromatic nitrogens is 3. The fourth-order valence-corrected chi connectivity index (χ4v) is 3.07. The van der Waals surface area contributed by atoms with Crippen LogP contribution in [0.5, 0.6) is 5.75 Å². The molecule has 0 amide bonds. The number of imidazole rings is 1. The molecule has 7 heteroatoms. The lowest BCUT2D eigenvalue weighted by molar-refractivity contribution is 0.370. The minimum atomic E-state index is -1.09. The van der Waals surface area contributed by atoms with Crippen molar-refractivity contribution in [2.75, 3.05) is 7.11 Å². The molecule has 5 nitrogen and oxygen atoms in total. The van der Waals surface area contributed by atoms with E-state index >= 15 is 0 Å². The summed E-state index contributed by atoms with van der Waals surface area (Å²) in [7, 11) is 1.61. The molecule has 3 heterocycles. The number of rotatable bonds is 3. The van der Waals surface area contributed by atoms with Crippen molar-refractivity contribution < 1.29 is 13.5 Å². The Morgan fingerprint density at radius 3 is 2.95 bits per heavy atom. The van der Waals surface area contributed by atoms with Crippen molar-refractivity contribution in [1.82, 2.24) is 14.6 Å². The predicted octanol–water partition coefficient (Wildman–Crippen LogP) is 4.24. The number of nitrogens with zero attached hydrogens (tertiary/aromatic N) is 3. The van der Waals surface area contributed by atoms with Crippen LogP contribution in [0.15, 0.2) is 34.9 Å². The molecule has 0 aliphatic heterocycles. The van der Waals surface area contributed by atoms with Crippen LogP contribution in [0.3, 0.4) is 0 Å². The van der Waals surface area contributed by atoms with Gasteiger partial charge in [0.1, 0.15) is 17.0 Å². The Hall–Kier alpha value is -2.41. The van der Waals surface area contributed by atoms with Crippen molar-refractivity contribution in [3.63, 3.8) is 0 Å². The molecule has 4 aromatic rings. The number of halogens is 1. The number of hydrogen-bond acceptors (Lipinski definition) is 5. The average molecular weight is 317 g/mol. The van der Waals surface area contributed by atoms with Crippen LogP contribution in [0, 0.1) is 0 Å². The molecule has 0 radical (unpaired) electrons. The maximum absolute atomic E-state index is 13.3. The van der Waals surface area contributed by atoms with E-state index in [4.69, 9.17) is 9.15 Å². The van der Waals surface area contributed by atoms with Crippen LogP contribution in [-0.4, -0.2) is 21.7 Å². The van der Waals surface area contributed by atoms with Gasteiger partial charge in [0.15, 0.2) is 16.9 Å². The molecule has 3 aromatic heterocycles. The van der Waals surface area contributed by atoms with Gasteiger partial charge in [-0.15, -0.1) is 0 Å². The fourth-order valence-electron chi connectivity index (χ4n) is 2.26. The molecule has 0 bridgehead atoms. The first kappa shape index (κ1) is 13.3. The van der Waals surface area contributed by atoms with Gasteiger partial charge in [-0.1, -0.05) is 11.3 Å². The molecule has 0 aliphatic carbocycles. The van der Waals surface area contributed by atoms with Crippen molar-refractivity contribution in [2.24, 2.45) is 0 Å². The Morgan fingerprint density at radius 1 is 1.36 bits per heavy atom. The Morgan fingerprint density at radius 2 is 2.23 bits per heavy atom. The Labute approximate surface area is 129 Å². The second-order valence-corrected chi connectivity index (χ2v) is 5.91. The molecule has 0 saturated heterocycles. The van der Waals surface area contributed by atoms with E-state index in [1.165, 1.54) is 18.3 Å². The fraction of sp³-hybridized carbons (Fsp3) is 0.200.